The summed E-state index contributed by atoms with van der Waals surface area (Å²) in [6.45, 7) is 15.0. The monoisotopic (exact) mass is 566 g/mol. The Hall–Kier alpha value is -3.50. The van der Waals surface area contributed by atoms with Crippen LogP contribution in [0.25, 0.3) is 33.8 Å². The number of allylic oxidation sites excluding steroid dienone is 2. The molecule has 0 aliphatic rings. The number of unbranched alkanes of at least 4 members (excludes halogenated alkanes) is 2. The lowest BCUT2D eigenvalue weighted by Crippen LogP contribution is -2.37. The summed E-state index contributed by atoms with van der Waals surface area (Å²) in [7, 11) is 0. The summed E-state index contributed by atoms with van der Waals surface area (Å²) in [5.74, 6) is -0.186. The maximum Gasteiger partial charge on any atom is 0.213 e. The van der Waals surface area contributed by atoms with Crippen molar-refractivity contribution in [3.8, 4) is 0 Å². The van der Waals surface area contributed by atoms with E-state index in [4.69, 9.17) is 0 Å². The third-order valence-corrected chi connectivity index (χ3v) is 8.24. The molecule has 3 nitrogen and oxygen atoms in total. The van der Waals surface area contributed by atoms with Crippen LogP contribution in [0.1, 0.15) is 70.9 Å². The van der Waals surface area contributed by atoms with Crippen LogP contribution in [0.3, 0.4) is 0 Å². The number of halogens is 1. The smallest absolute Gasteiger partial charge is 0.213 e. The number of para-hydroxylation sites is 1. The van der Waals surface area contributed by atoms with E-state index < -0.39 is 0 Å². The Morgan fingerprint density at radius 3 is 2.17 bits per heavy atom. The Labute approximate surface area is 253 Å². The first-order valence-electron chi connectivity index (χ1n) is 16.0. The zero-order chi connectivity index (χ0) is 29.7. The quantitative estimate of drug-likeness (QED) is 0.0988. The number of aryl methyl sites for hydroxylation is 1. The van der Waals surface area contributed by atoms with Crippen LogP contribution in [-0.4, -0.2) is 37.6 Å². The minimum absolute atomic E-state index is 0.186. The van der Waals surface area contributed by atoms with Gasteiger partial charge in [-0.1, -0.05) is 95.2 Å². The lowest BCUT2D eigenvalue weighted by Gasteiger charge is -2.25. The first kappa shape index (κ1) is 31.4. The van der Waals surface area contributed by atoms with E-state index in [-0.39, 0.29) is 5.82 Å². The van der Waals surface area contributed by atoms with Crippen molar-refractivity contribution in [2.45, 2.75) is 66.3 Å². The number of fused-ring (bicyclic) bond motifs is 2. The molecule has 0 saturated heterocycles. The van der Waals surface area contributed by atoms with Gasteiger partial charge in [0, 0.05) is 43.4 Å². The third kappa shape index (κ3) is 8.29. The standard InChI is InChI=1S/C38H49FN3/c1-5-9-25-41(26-10-6-2)34-23-22-32-28-31(20-21-33(32)29-34)16-11-12-17-35-36-18-13-14-19-38(36)42(30-37(35)39)27-15-24-40(7-3)8-4/h11-14,16-23,28-30H,5-10,15,24-27H2,1-4H3/q+1. The highest BCUT2D eigenvalue weighted by atomic mass is 19.1. The molecule has 0 aliphatic carbocycles. The molecule has 0 N–H and O–H groups in total. The van der Waals surface area contributed by atoms with E-state index in [2.05, 4.69) is 90.6 Å². The van der Waals surface area contributed by atoms with E-state index in [1.54, 1.807) is 6.20 Å². The number of aromatic nitrogens is 1. The van der Waals surface area contributed by atoms with E-state index >= 15 is 4.39 Å². The molecule has 1 aromatic heterocycles. The molecule has 0 atom stereocenters. The number of hydrogen-bond acceptors (Lipinski definition) is 2. The fourth-order valence-electron chi connectivity index (χ4n) is 5.65. The van der Waals surface area contributed by atoms with Gasteiger partial charge in [-0.2, -0.15) is 8.96 Å². The second-order valence-electron chi connectivity index (χ2n) is 11.2. The van der Waals surface area contributed by atoms with Gasteiger partial charge in [-0.05, 0) is 66.5 Å². The molecule has 4 rings (SSSR count). The Kier molecular flexibility index (Phi) is 12.1. The van der Waals surface area contributed by atoms with Gasteiger partial charge in [0.15, 0.2) is 5.82 Å². The average Bonchev–Trinajstić information content (AvgIpc) is 3.02. The molecule has 0 saturated carbocycles. The first-order chi connectivity index (χ1) is 20.6. The second kappa shape index (κ2) is 16.2. The van der Waals surface area contributed by atoms with Crippen LogP contribution in [0.15, 0.2) is 79.0 Å². The number of nitrogens with zero attached hydrogens (tertiary/aromatic N) is 3. The summed E-state index contributed by atoms with van der Waals surface area (Å²) in [5.41, 5.74) is 4.16. The number of anilines is 1. The SMILES string of the molecule is CCCCN(CCCC)c1ccc2cc(/C=C/C=C/c3c(F)c[n+](CCCN(CC)CC)c4ccccc34)ccc2c1. The molecule has 0 spiro atoms. The van der Waals surface area contributed by atoms with Crippen LogP contribution in [0, 0.1) is 5.82 Å². The highest BCUT2D eigenvalue weighted by Crippen LogP contribution is 2.25. The summed E-state index contributed by atoms with van der Waals surface area (Å²) in [6.07, 6.45) is 15.5. The molecule has 0 bridgehead atoms. The van der Waals surface area contributed by atoms with Crippen molar-refractivity contribution < 1.29 is 8.96 Å². The van der Waals surface area contributed by atoms with Gasteiger partial charge in [-0.15, -0.1) is 0 Å². The van der Waals surface area contributed by atoms with Crippen molar-refractivity contribution in [3.05, 3.63) is 96.0 Å². The number of rotatable bonds is 16. The zero-order valence-electron chi connectivity index (χ0n) is 26.2. The second-order valence-corrected chi connectivity index (χ2v) is 11.2. The molecular formula is C38H49FN3+. The molecule has 0 amide bonds. The Balaban J connectivity index is 1.48. The molecule has 3 aromatic carbocycles. The van der Waals surface area contributed by atoms with Crippen molar-refractivity contribution in [1.82, 2.24) is 4.90 Å². The largest absolute Gasteiger partial charge is 0.372 e. The van der Waals surface area contributed by atoms with Crippen molar-refractivity contribution >= 4 is 39.5 Å². The maximum atomic E-state index is 15.3. The molecule has 0 unspecified atom stereocenters. The molecule has 4 heteroatoms. The molecular weight excluding hydrogens is 517 g/mol. The van der Waals surface area contributed by atoms with Crippen LogP contribution < -0.4 is 9.47 Å². The highest BCUT2D eigenvalue weighted by Gasteiger charge is 2.16. The topological polar surface area (TPSA) is 10.4 Å². The Morgan fingerprint density at radius 2 is 1.43 bits per heavy atom. The molecule has 0 aliphatic heterocycles. The van der Waals surface area contributed by atoms with Gasteiger partial charge in [-0.25, -0.2) is 0 Å². The highest BCUT2D eigenvalue weighted by molar-refractivity contribution is 5.88. The number of benzene rings is 3. The van der Waals surface area contributed by atoms with Gasteiger partial charge >= 0.3 is 0 Å². The molecule has 42 heavy (non-hydrogen) atoms. The fraction of sp³-hybridized carbons (Fsp3) is 0.395. The van der Waals surface area contributed by atoms with Crippen LogP contribution in [0.5, 0.6) is 0 Å². The van der Waals surface area contributed by atoms with Gasteiger partial charge in [0.05, 0.1) is 5.39 Å². The average molecular weight is 567 g/mol. The molecule has 0 radical (unpaired) electrons. The summed E-state index contributed by atoms with van der Waals surface area (Å²) >= 11 is 0. The maximum absolute atomic E-state index is 15.3. The lowest BCUT2D eigenvalue weighted by atomic mass is 10.0. The summed E-state index contributed by atoms with van der Waals surface area (Å²) in [4.78, 5) is 4.94. The zero-order valence-corrected chi connectivity index (χ0v) is 26.2. The van der Waals surface area contributed by atoms with Gasteiger partial charge < -0.3 is 9.80 Å². The predicted molar refractivity (Wildman–Crippen MR) is 181 cm³/mol. The van der Waals surface area contributed by atoms with Crippen molar-refractivity contribution in [2.75, 3.05) is 37.6 Å². The summed E-state index contributed by atoms with van der Waals surface area (Å²) in [5, 5.41) is 3.45. The third-order valence-electron chi connectivity index (χ3n) is 8.24. The van der Waals surface area contributed by atoms with E-state index in [9.17, 15) is 0 Å². The van der Waals surface area contributed by atoms with Crippen LogP contribution in [0.4, 0.5) is 10.1 Å². The van der Waals surface area contributed by atoms with Gasteiger partial charge in [-0.3, -0.25) is 0 Å². The Bertz CT molecular complexity index is 1480. The van der Waals surface area contributed by atoms with E-state index in [0.29, 0.717) is 5.56 Å². The van der Waals surface area contributed by atoms with Gasteiger partial charge in [0.25, 0.3) is 0 Å². The van der Waals surface area contributed by atoms with Crippen LogP contribution in [0.2, 0.25) is 0 Å². The van der Waals surface area contributed by atoms with Gasteiger partial charge in [0.2, 0.25) is 11.7 Å². The summed E-state index contributed by atoms with van der Waals surface area (Å²) < 4.78 is 17.4. The van der Waals surface area contributed by atoms with Crippen LogP contribution in [-0.2, 0) is 6.54 Å². The van der Waals surface area contributed by atoms with E-state index in [0.717, 1.165) is 62.2 Å². The van der Waals surface area contributed by atoms with E-state index in [1.165, 1.54) is 42.1 Å². The van der Waals surface area contributed by atoms with Gasteiger partial charge in [0.1, 0.15) is 6.54 Å². The Morgan fingerprint density at radius 1 is 0.738 bits per heavy atom. The number of hydrogen-bond donors (Lipinski definition) is 0. The minimum atomic E-state index is -0.186. The van der Waals surface area contributed by atoms with Crippen molar-refractivity contribution in [3.63, 3.8) is 0 Å². The van der Waals surface area contributed by atoms with Crippen molar-refractivity contribution in [1.29, 1.82) is 0 Å². The molecule has 4 aromatic rings. The number of pyridine rings is 1. The normalized spacial score (nSPS) is 12.0. The van der Waals surface area contributed by atoms with E-state index in [1.807, 2.05) is 36.4 Å². The molecule has 222 valence electrons. The predicted octanol–water partition coefficient (Wildman–Crippen LogP) is 9.28. The fourth-order valence-corrected chi connectivity index (χ4v) is 5.65. The van der Waals surface area contributed by atoms with Crippen LogP contribution >= 0.6 is 0 Å². The summed E-state index contributed by atoms with van der Waals surface area (Å²) in [6, 6.07) is 21.6. The molecule has 0 fully saturated rings. The molecule has 1 heterocycles. The lowest BCUT2D eigenvalue weighted by molar-refractivity contribution is -0.673. The van der Waals surface area contributed by atoms with Crippen molar-refractivity contribution in [2.24, 2.45) is 0 Å². The first-order valence-corrected chi connectivity index (χ1v) is 16.0. The minimum Gasteiger partial charge on any atom is -0.372 e.